The Bertz CT molecular complexity index is 923. The molecule has 0 heterocycles. The molecule has 13 nitrogen and oxygen atoms in total. The summed E-state index contributed by atoms with van der Waals surface area (Å²) in [5, 5.41) is 35.0. The van der Waals surface area contributed by atoms with Crippen LogP contribution in [-0.2, 0) is 30.4 Å². The lowest BCUT2D eigenvalue weighted by molar-refractivity contribution is -0.142. The molecule has 0 aliphatic heterocycles. The minimum Gasteiger partial charge on any atom is -0.497 e. The van der Waals surface area contributed by atoms with Crippen LogP contribution in [0.25, 0.3) is 0 Å². The zero-order chi connectivity index (χ0) is 28.0. The van der Waals surface area contributed by atoms with Gasteiger partial charge in [0.15, 0.2) is 0 Å². The summed E-state index contributed by atoms with van der Waals surface area (Å²) in [5.41, 5.74) is 6.12. The Morgan fingerprint density at radius 3 is 2.11 bits per heavy atom. The molecule has 37 heavy (non-hydrogen) atoms. The molecule has 4 atom stereocenters. The SMILES string of the molecule is COc1ccc(CC(=O)NC(C)C(=O)NC(CCC(=O)NC(CO)CCCC(N)C(=O)O)C(=O)O)cc1. The minimum absolute atomic E-state index is 0.0123. The summed E-state index contributed by atoms with van der Waals surface area (Å²) in [5.74, 6) is -3.55. The molecule has 0 bridgehead atoms. The summed E-state index contributed by atoms with van der Waals surface area (Å²) in [6, 6.07) is 2.74. The molecule has 0 radical (unpaired) electrons. The molecule has 1 aromatic carbocycles. The van der Waals surface area contributed by atoms with Gasteiger partial charge < -0.3 is 41.7 Å². The maximum atomic E-state index is 12.4. The third kappa shape index (κ3) is 12.2. The van der Waals surface area contributed by atoms with Crippen LogP contribution in [0.1, 0.15) is 44.6 Å². The highest BCUT2D eigenvalue weighted by Crippen LogP contribution is 2.11. The number of aliphatic carboxylic acids is 2. The minimum atomic E-state index is -1.37. The summed E-state index contributed by atoms with van der Waals surface area (Å²) in [6.07, 6.45) is 0.356. The monoisotopic (exact) mass is 524 g/mol. The largest absolute Gasteiger partial charge is 0.497 e. The first-order valence-electron chi connectivity index (χ1n) is 11.8. The average molecular weight is 525 g/mol. The number of carbonyl (C=O) groups excluding carboxylic acids is 3. The number of aliphatic hydroxyl groups excluding tert-OH is 1. The van der Waals surface area contributed by atoms with Gasteiger partial charge in [-0.3, -0.25) is 19.2 Å². The third-order valence-corrected chi connectivity index (χ3v) is 5.54. The van der Waals surface area contributed by atoms with Gasteiger partial charge in [-0.1, -0.05) is 12.1 Å². The van der Waals surface area contributed by atoms with Crippen molar-refractivity contribution in [2.45, 2.75) is 69.6 Å². The first-order valence-corrected chi connectivity index (χ1v) is 11.8. The van der Waals surface area contributed by atoms with Gasteiger partial charge in [-0.2, -0.15) is 0 Å². The van der Waals surface area contributed by atoms with E-state index < -0.39 is 53.8 Å². The summed E-state index contributed by atoms with van der Waals surface area (Å²) in [6.45, 7) is 1.02. The smallest absolute Gasteiger partial charge is 0.326 e. The molecule has 4 unspecified atom stereocenters. The Hall–Kier alpha value is -3.71. The molecule has 0 saturated heterocycles. The van der Waals surface area contributed by atoms with E-state index in [0.717, 1.165) is 0 Å². The molecule has 0 fully saturated rings. The van der Waals surface area contributed by atoms with Gasteiger partial charge >= 0.3 is 11.9 Å². The highest BCUT2D eigenvalue weighted by atomic mass is 16.5. The van der Waals surface area contributed by atoms with Gasteiger partial charge in [0.25, 0.3) is 0 Å². The average Bonchev–Trinajstić information content (AvgIpc) is 2.85. The number of amides is 3. The number of hydrogen-bond acceptors (Lipinski definition) is 8. The van der Waals surface area contributed by atoms with Crippen molar-refractivity contribution >= 4 is 29.7 Å². The molecular formula is C24H36N4O9. The summed E-state index contributed by atoms with van der Waals surface area (Å²) < 4.78 is 5.06. The fourth-order valence-electron chi connectivity index (χ4n) is 3.33. The number of aliphatic hydroxyl groups is 1. The number of carboxylic acids is 2. The van der Waals surface area contributed by atoms with E-state index in [1.807, 2.05) is 0 Å². The third-order valence-electron chi connectivity index (χ3n) is 5.54. The Morgan fingerprint density at radius 2 is 1.57 bits per heavy atom. The molecule has 13 heteroatoms. The number of methoxy groups -OCH3 is 1. The second-order valence-corrected chi connectivity index (χ2v) is 8.57. The molecule has 8 N–H and O–H groups in total. The van der Waals surface area contributed by atoms with E-state index in [0.29, 0.717) is 17.7 Å². The van der Waals surface area contributed by atoms with Crippen LogP contribution in [0.15, 0.2) is 24.3 Å². The van der Waals surface area contributed by atoms with Crippen LogP contribution in [0.5, 0.6) is 5.75 Å². The Morgan fingerprint density at radius 1 is 0.919 bits per heavy atom. The number of benzene rings is 1. The molecular weight excluding hydrogens is 488 g/mol. The quantitative estimate of drug-likeness (QED) is 0.134. The molecule has 0 aromatic heterocycles. The lowest BCUT2D eigenvalue weighted by atomic mass is 10.1. The Labute approximate surface area is 214 Å². The normalized spacial score (nSPS) is 13.9. The van der Waals surface area contributed by atoms with Crippen molar-refractivity contribution in [1.29, 1.82) is 0 Å². The Kier molecular flexibility index (Phi) is 13.6. The predicted molar refractivity (Wildman–Crippen MR) is 132 cm³/mol. The second kappa shape index (κ2) is 16.1. The highest BCUT2D eigenvalue weighted by molar-refractivity contribution is 5.90. The van der Waals surface area contributed by atoms with Crippen LogP contribution >= 0.6 is 0 Å². The van der Waals surface area contributed by atoms with Crippen molar-refractivity contribution in [3.63, 3.8) is 0 Å². The molecule has 0 spiro atoms. The predicted octanol–water partition coefficient (Wildman–Crippen LogP) is -0.849. The van der Waals surface area contributed by atoms with Crippen LogP contribution in [0.4, 0.5) is 0 Å². The van der Waals surface area contributed by atoms with Crippen molar-refractivity contribution in [3.8, 4) is 5.75 Å². The number of carboxylic acid groups (broad SMARTS) is 2. The van der Waals surface area contributed by atoms with Crippen LogP contribution in [-0.4, -0.2) is 82.9 Å². The standard InChI is InChI=1S/C24H36N4O9/c1-14(26-21(31)12-15-6-8-17(37-2)9-7-15)22(32)28-19(24(35)36)10-11-20(30)27-16(13-29)4-3-5-18(25)23(33)34/h6-9,14,16,18-19,29H,3-5,10-13,25H2,1-2H3,(H,26,31)(H,27,30)(H,28,32)(H,33,34)(H,35,36). The topological polar surface area (TPSA) is 217 Å². The number of ether oxygens (including phenoxy) is 1. The zero-order valence-corrected chi connectivity index (χ0v) is 20.9. The van der Waals surface area contributed by atoms with Crippen molar-refractivity contribution < 1.29 is 44.0 Å². The molecule has 0 saturated carbocycles. The fraction of sp³-hybridized carbons (Fsp3) is 0.542. The number of nitrogens with two attached hydrogens (primary N) is 1. The van der Waals surface area contributed by atoms with Gasteiger partial charge in [-0.05, 0) is 50.3 Å². The van der Waals surface area contributed by atoms with Crippen LogP contribution < -0.4 is 26.4 Å². The number of carbonyl (C=O) groups is 5. The molecule has 206 valence electrons. The van der Waals surface area contributed by atoms with Gasteiger partial charge in [0.05, 0.1) is 26.2 Å². The van der Waals surface area contributed by atoms with Crippen molar-refractivity contribution in [1.82, 2.24) is 16.0 Å². The van der Waals surface area contributed by atoms with Gasteiger partial charge in [0.2, 0.25) is 17.7 Å². The van der Waals surface area contributed by atoms with E-state index in [1.165, 1.54) is 14.0 Å². The van der Waals surface area contributed by atoms with E-state index in [9.17, 15) is 34.2 Å². The molecule has 0 aliphatic rings. The van der Waals surface area contributed by atoms with Gasteiger partial charge in [0, 0.05) is 6.42 Å². The van der Waals surface area contributed by atoms with Crippen LogP contribution in [0.2, 0.25) is 0 Å². The van der Waals surface area contributed by atoms with Gasteiger partial charge in [0.1, 0.15) is 23.9 Å². The van der Waals surface area contributed by atoms with Gasteiger partial charge in [-0.25, -0.2) is 4.79 Å². The maximum absolute atomic E-state index is 12.4. The van der Waals surface area contributed by atoms with Crippen molar-refractivity contribution in [3.05, 3.63) is 29.8 Å². The number of nitrogens with one attached hydrogen (secondary N) is 3. The zero-order valence-electron chi connectivity index (χ0n) is 20.9. The van der Waals surface area contributed by atoms with Crippen molar-refractivity contribution in [2.24, 2.45) is 5.73 Å². The second-order valence-electron chi connectivity index (χ2n) is 8.57. The summed E-state index contributed by atoms with van der Waals surface area (Å²) >= 11 is 0. The van der Waals surface area contributed by atoms with E-state index in [-0.39, 0.29) is 38.7 Å². The van der Waals surface area contributed by atoms with Crippen molar-refractivity contribution in [2.75, 3.05) is 13.7 Å². The highest BCUT2D eigenvalue weighted by Gasteiger charge is 2.25. The lowest BCUT2D eigenvalue weighted by Crippen LogP contribution is -2.51. The number of hydrogen-bond donors (Lipinski definition) is 7. The van der Waals surface area contributed by atoms with E-state index in [2.05, 4.69) is 16.0 Å². The summed E-state index contributed by atoms with van der Waals surface area (Å²) in [4.78, 5) is 59.2. The lowest BCUT2D eigenvalue weighted by Gasteiger charge is -2.20. The van der Waals surface area contributed by atoms with Crippen LogP contribution in [0, 0.1) is 0 Å². The number of rotatable bonds is 17. The molecule has 1 rings (SSSR count). The van der Waals surface area contributed by atoms with E-state index in [1.54, 1.807) is 24.3 Å². The first-order chi connectivity index (χ1) is 17.5. The van der Waals surface area contributed by atoms with Crippen LogP contribution in [0.3, 0.4) is 0 Å². The summed E-state index contributed by atoms with van der Waals surface area (Å²) in [7, 11) is 1.52. The maximum Gasteiger partial charge on any atom is 0.326 e. The van der Waals surface area contributed by atoms with E-state index >= 15 is 0 Å². The first kappa shape index (κ1) is 31.3. The Balaban J connectivity index is 2.50. The molecule has 1 aromatic rings. The molecule has 3 amide bonds. The fourth-order valence-corrected chi connectivity index (χ4v) is 3.33. The van der Waals surface area contributed by atoms with Gasteiger partial charge in [-0.15, -0.1) is 0 Å². The molecule has 0 aliphatic carbocycles. The van der Waals surface area contributed by atoms with E-state index in [4.69, 9.17) is 15.6 Å².